The SMILES string of the molecule is CCON(Cc1ccc2[nH]nc(-c3ccc(F)cc3)c2c1)c1ccccc1.Cl. The molecule has 4 nitrogen and oxygen atoms in total. The van der Waals surface area contributed by atoms with Gasteiger partial charge in [0.2, 0.25) is 0 Å². The molecule has 1 heterocycles. The van der Waals surface area contributed by atoms with Gasteiger partial charge in [-0.1, -0.05) is 24.3 Å². The molecule has 0 saturated heterocycles. The average molecular weight is 398 g/mol. The van der Waals surface area contributed by atoms with Gasteiger partial charge in [0.05, 0.1) is 30.0 Å². The van der Waals surface area contributed by atoms with Crippen molar-refractivity contribution in [3.63, 3.8) is 0 Å². The van der Waals surface area contributed by atoms with Crippen LogP contribution in [0.25, 0.3) is 22.2 Å². The number of hydrogen-bond acceptors (Lipinski definition) is 3. The second-order valence-corrected chi connectivity index (χ2v) is 6.25. The van der Waals surface area contributed by atoms with Gasteiger partial charge in [0.1, 0.15) is 5.82 Å². The van der Waals surface area contributed by atoms with E-state index < -0.39 is 0 Å². The molecule has 4 aromatic rings. The number of aromatic amines is 1. The standard InChI is InChI=1S/C22H20FN3O.ClH/c1-2-27-26(19-6-4-3-5-7-19)15-16-8-13-21-20(14-16)22(25-24-21)17-9-11-18(23)12-10-17;/h3-14H,2,15H2,1H3,(H,24,25);1H. The Bertz CT molecular complexity index is 1030. The van der Waals surface area contributed by atoms with Crippen LogP contribution in [0.4, 0.5) is 10.1 Å². The molecular weight excluding hydrogens is 377 g/mol. The third kappa shape index (κ3) is 4.16. The number of aromatic nitrogens is 2. The number of anilines is 1. The summed E-state index contributed by atoms with van der Waals surface area (Å²) in [5.41, 5.74) is 4.75. The lowest BCUT2D eigenvalue weighted by molar-refractivity contribution is 0.116. The number of benzene rings is 3. The molecule has 1 aromatic heterocycles. The van der Waals surface area contributed by atoms with Crippen LogP contribution in [0.15, 0.2) is 72.8 Å². The number of nitrogens with zero attached hydrogens (tertiary/aromatic N) is 2. The van der Waals surface area contributed by atoms with Crippen LogP contribution in [0.2, 0.25) is 0 Å². The number of hydroxylamine groups is 1. The predicted octanol–water partition coefficient (Wildman–Crippen LogP) is 5.75. The Balaban J connectivity index is 0.00000225. The summed E-state index contributed by atoms with van der Waals surface area (Å²) in [5, 5.41) is 10.4. The number of nitrogens with one attached hydrogen (secondary N) is 1. The zero-order chi connectivity index (χ0) is 18.6. The minimum Gasteiger partial charge on any atom is -0.277 e. The maximum Gasteiger partial charge on any atom is 0.123 e. The molecule has 3 aromatic carbocycles. The van der Waals surface area contributed by atoms with Gasteiger partial charge in [-0.05, 0) is 61.0 Å². The van der Waals surface area contributed by atoms with Gasteiger partial charge in [0.15, 0.2) is 0 Å². The fourth-order valence-electron chi connectivity index (χ4n) is 3.11. The minimum absolute atomic E-state index is 0. The van der Waals surface area contributed by atoms with E-state index in [1.807, 2.05) is 48.4 Å². The van der Waals surface area contributed by atoms with Crippen LogP contribution in [0.5, 0.6) is 0 Å². The van der Waals surface area contributed by atoms with Crippen LogP contribution >= 0.6 is 12.4 Å². The fourth-order valence-corrected chi connectivity index (χ4v) is 3.11. The van der Waals surface area contributed by atoms with Gasteiger partial charge in [-0.3, -0.25) is 9.94 Å². The first-order valence-corrected chi connectivity index (χ1v) is 8.93. The Morgan fingerprint density at radius 2 is 1.75 bits per heavy atom. The third-order valence-corrected chi connectivity index (χ3v) is 4.40. The monoisotopic (exact) mass is 397 g/mol. The molecule has 0 spiro atoms. The zero-order valence-corrected chi connectivity index (χ0v) is 16.2. The number of halogens is 2. The Morgan fingerprint density at radius 1 is 1.00 bits per heavy atom. The van der Waals surface area contributed by atoms with Crippen LogP contribution in [0.1, 0.15) is 12.5 Å². The van der Waals surface area contributed by atoms with E-state index in [1.165, 1.54) is 12.1 Å². The maximum absolute atomic E-state index is 13.2. The molecule has 1 N–H and O–H groups in total. The Morgan fingerprint density at radius 3 is 2.46 bits per heavy atom. The van der Waals surface area contributed by atoms with E-state index in [0.717, 1.165) is 33.4 Å². The van der Waals surface area contributed by atoms with Crippen molar-refractivity contribution in [1.29, 1.82) is 0 Å². The molecule has 28 heavy (non-hydrogen) atoms. The number of H-pyrrole nitrogens is 1. The quantitative estimate of drug-likeness (QED) is 0.421. The van der Waals surface area contributed by atoms with E-state index in [4.69, 9.17) is 4.84 Å². The second-order valence-electron chi connectivity index (χ2n) is 6.25. The molecule has 0 aliphatic heterocycles. The molecule has 0 aliphatic carbocycles. The van der Waals surface area contributed by atoms with E-state index >= 15 is 0 Å². The number of rotatable bonds is 6. The lowest BCUT2D eigenvalue weighted by Crippen LogP contribution is -2.22. The van der Waals surface area contributed by atoms with E-state index in [2.05, 4.69) is 22.3 Å². The fraction of sp³-hybridized carbons (Fsp3) is 0.136. The van der Waals surface area contributed by atoms with Gasteiger partial charge in [-0.2, -0.15) is 5.10 Å². The highest BCUT2D eigenvalue weighted by Crippen LogP contribution is 2.28. The van der Waals surface area contributed by atoms with Crippen molar-refractivity contribution >= 4 is 29.0 Å². The van der Waals surface area contributed by atoms with Crippen LogP contribution in [0, 0.1) is 5.82 Å². The summed E-state index contributed by atoms with van der Waals surface area (Å²) < 4.78 is 13.2. The van der Waals surface area contributed by atoms with Crippen molar-refractivity contribution in [3.8, 4) is 11.3 Å². The topological polar surface area (TPSA) is 41.1 Å². The van der Waals surface area contributed by atoms with Crippen LogP contribution in [0.3, 0.4) is 0 Å². The van der Waals surface area contributed by atoms with Gasteiger partial charge in [0, 0.05) is 10.9 Å². The molecule has 0 bridgehead atoms. The largest absolute Gasteiger partial charge is 0.277 e. The van der Waals surface area contributed by atoms with Gasteiger partial charge >= 0.3 is 0 Å². The Hall–Kier alpha value is -2.89. The van der Waals surface area contributed by atoms with E-state index in [9.17, 15) is 4.39 Å². The highest BCUT2D eigenvalue weighted by molar-refractivity contribution is 5.93. The molecule has 4 rings (SSSR count). The van der Waals surface area contributed by atoms with Crippen molar-refractivity contribution in [2.45, 2.75) is 13.5 Å². The van der Waals surface area contributed by atoms with Gasteiger partial charge < -0.3 is 0 Å². The predicted molar refractivity (Wildman–Crippen MR) is 113 cm³/mol. The lowest BCUT2D eigenvalue weighted by Gasteiger charge is -2.23. The molecule has 144 valence electrons. The molecule has 0 atom stereocenters. The second kappa shape index (κ2) is 8.87. The number of para-hydroxylation sites is 1. The maximum atomic E-state index is 13.2. The van der Waals surface area contributed by atoms with Crippen molar-refractivity contribution in [3.05, 3.63) is 84.2 Å². The normalized spacial score (nSPS) is 10.6. The molecule has 0 saturated carbocycles. The van der Waals surface area contributed by atoms with Crippen molar-refractivity contribution in [1.82, 2.24) is 10.2 Å². The Labute approximate surface area is 169 Å². The zero-order valence-electron chi connectivity index (χ0n) is 15.4. The molecule has 6 heteroatoms. The average Bonchev–Trinajstić information content (AvgIpc) is 3.12. The van der Waals surface area contributed by atoms with Gasteiger partial charge in [0.25, 0.3) is 0 Å². The van der Waals surface area contributed by atoms with Crippen LogP contribution < -0.4 is 5.06 Å². The molecule has 0 radical (unpaired) electrons. The van der Waals surface area contributed by atoms with E-state index in [-0.39, 0.29) is 18.2 Å². The van der Waals surface area contributed by atoms with Crippen molar-refractivity contribution in [2.24, 2.45) is 0 Å². The number of hydrogen-bond donors (Lipinski definition) is 1. The number of fused-ring (bicyclic) bond motifs is 1. The van der Waals surface area contributed by atoms with Crippen molar-refractivity contribution < 1.29 is 9.23 Å². The first-order chi connectivity index (χ1) is 13.2. The highest BCUT2D eigenvalue weighted by Gasteiger charge is 2.12. The highest BCUT2D eigenvalue weighted by atomic mass is 35.5. The smallest absolute Gasteiger partial charge is 0.123 e. The molecule has 0 amide bonds. The van der Waals surface area contributed by atoms with E-state index in [0.29, 0.717) is 13.2 Å². The van der Waals surface area contributed by atoms with Gasteiger partial charge in [-0.25, -0.2) is 9.45 Å². The van der Waals surface area contributed by atoms with Gasteiger partial charge in [-0.15, -0.1) is 12.4 Å². The van der Waals surface area contributed by atoms with Crippen LogP contribution in [-0.4, -0.2) is 16.8 Å². The molecule has 0 unspecified atom stereocenters. The van der Waals surface area contributed by atoms with Crippen molar-refractivity contribution in [2.75, 3.05) is 11.7 Å². The lowest BCUT2D eigenvalue weighted by atomic mass is 10.1. The minimum atomic E-state index is -0.255. The molecule has 0 aliphatic rings. The summed E-state index contributed by atoms with van der Waals surface area (Å²) in [7, 11) is 0. The van der Waals surface area contributed by atoms with E-state index in [1.54, 1.807) is 12.1 Å². The first-order valence-electron chi connectivity index (χ1n) is 8.93. The summed E-state index contributed by atoms with van der Waals surface area (Å²) in [6, 6.07) is 22.6. The summed E-state index contributed by atoms with van der Waals surface area (Å²) in [6.07, 6.45) is 0. The molecular formula is C22H21ClFN3O. The first kappa shape index (κ1) is 19.9. The summed E-state index contributed by atoms with van der Waals surface area (Å²) in [4.78, 5) is 5.82. The van der Waals surface area contributed by atoms with Crippen LogP contribution in [-0.2, 0) is 11.4 Å². The third-order valence-electron chi connectivity index (χ3n) is 4.40. The molecule has 0 fully saturated rings. The summed E-state index contributed by atoms with van der Waals surface area (Å²) in [6.45, 7) is 3.17. The summed E-state index contributed by atoms with van der Waals surface area (Å²) >= 11 is 0. The summed E-state index contributed by atoms with van der Waals surface area (Å²) in [5.74, 6) is -0.255. The Kier molecular flexibility index (Phi) is 6.29.